The van der Waals surface area contributed by atoms with Crippen LogP contribution >= 0.6 is 11.6 Å². The normalized spacial score (nSPS) is 10.3. The highest BCUT2D eigenvalue weighted by Crippen LogP contribution is 2.21. The predicted molar refractivity (Wildman–Crippen MR) is 70.5 cm³/mol. The van der Waals surface area contributed by atoms with Gasteiger partial charge in [0.15, 0.2) is 0 Å². The van der Waals surface area contributed by atoms with Gasteiger partial charge in [-0.3, -0.25) is 4.79 Å². The SMILES string of the molecule is Cc1ccc(F)c(NC(=O)c2ccc(F)cc2Cl)c1. The Morgan fingerprint density at radius 2 is 1.89 bits per heavy atom. The fourth-order valence-corrected chi connectivity index (χ4v) is 1.85. The lowest BCUT2D eigenvalue weighted by atomic mass is 10.1. The summed E-state index contributed by atoms with van der Waals surface area (Å²) in [4.78, 5) is 11.9. The van der Waals surface area contributed by atoms with Crippen LogP contribution < -0.4 is 5.32 Å². The van der Waals surface area contributed by atoms with Crippen LogP contribution in [0.5, 0.6) is 0 Å². The third-order valence-corrected chi connectivity index (χ3v) is 2.86. The summed E-state index contributed by atoms with van der Waals surface area (Å²) in [6.07, 6.45) is 0. The Morgan fingerprint density at radius 3 is 2.58 bits per heavy atom. The largest absolute Gasteiger partial charge is 0.319 e. The van der Waals surface area contributed by atoms with Gasteiger partial charge < -0.3 is 5.32 Å². The summed E-state index contributed by atoms with van der Waals surface area (Å²) in [6.45, 7) is 1.78. The maximum Gasteiger partial charge on any atom is 0.257 e. The zero-order valence-electron chi connectivity index (χ0n) is 10.0. The van der Waals surface area contributed by atoms with Crippen molar-refractivity contribution in [3.63, 3.8) is 0 Å². The topological polar surface area (TPSA) is 29.1 Å². The van der Waals surface area contributed by atoms with Crippen molar-refractivity contribution in [3.05, 3.63) is 64.2 Å². The van der Waals surface area contributed by atoms with Crippen molar-refractivity contribution in [1.82, 2.24) is 0 Å². The number of halogens is 3. The van der Waals surface area contributed by atoms with Gasteiger partial charge in [0.25, 0.3) is 5.91 Å². The third kappa shape index (κ3) is 3.09. The molecule has 0 radical (unpaired) electrons. The molecule has 0 aromatic heterocycles. The number of carbonyl (C=O) groups excluding carboxylic acids is 1. The molecular weight excluding hydrogens is 272 g/mol. The second-order valence-electron chi connectivity index (χ2n) is 4.06. The Labute approximate surface area is 114 Å². The van der Waals surface area contributed by atoms with Gasteiger partial charge in [-0.25, -0.2) is 8.78 Å². The highest BCUT2D eigenvalue weighted by molar-refractivity contribution is 6.34. The van der Waals surface area contributed by atoms with E-state index in [0.29, 0.717) is 0 Å². The fraction of sp³-hybridized carbons (Fsp3) is 0.0714. The van der Waals surface area contributed by atoms with Gasteiger partial charge >= 0.3 is 0 Å². The minimum Gasteiger partial charge on any atom is -0.319 e. The van der Waals surface area contributed by atoms with E-state index >= 15 is 0 Å². The van der Waals surface area contributed by atoms with Crippen LogP contribution in [-0.2, 0) is 0 Å². The predicted octanol–water partition coefficient (Wildman–Crippen LogP) is 4.18. The van der Waals surface area contributed by atoms with E-state index < -0.39 is 17.5 Å². The summed E-state index contributed by atoms with van der Waals surface area (Å²) in [7, 11) is 0. The molecule has 0 atom stereocenters. The maximum atomic E-state index is 13.5. The lowest BCUT2D eigenvalue weighted by Gasteiger charge is -2.08. The summed E-state index contributed by atoms with van der Waals surface area (Å²) < 4.78 is 26.4. The van der Waals surface area contributed by atoms with Crippen LogP contribution in [0.15, 0.2) is 36.4 Å². The molecule has 0 saturated carbocycles. The van der Waals surface area contributed by atoms with Crippen LogP contribution in [-0.4, -0.2) is 5.91 Å². The second kappa shape index (κ2) is 5.36. The minimum atomic E-state index is -0.588. The average molecular weight is 282 g/mol. The van der Waals surface area contributed by atoms with Gasteiger partial charge in [0.2, 0.25) is 0 Å². The number of aryl methyl sites for hydroxylation is 1. The first kappa shape index (κ1) is 13.5. The fourth-order valence-electron chi connectivity index (χ4n) is 1.60. The zero-order chi connectivity index (χ0) is 14.0. The first-order valence-corrected chi connectivity index (χ1v) is 5.88. The van der Waals surface area contributed by atoms with Crippen molar-refractivity contribution < 1.29 is 13.6 Å². The molecule has 0 aliphatic heterocycles. The molecule has 2 aromatic rings. The van der Waals surface area contributed by atoms with E-state index in [0.717, 1.165) is 17.7 Å². The molecule has 0 bridgehead atoms. The lowest BCUT2D eigenvalue weighted by molar-refractivity contribution is 0.102. The van der Waals surface area contributed by atoms with E-state index in [4.69, 9.17) is 11.6 Å². The first-order chi connectivity index (χ1) is 8.97. The molecule has 0 saturated heterocycles. The number of anilines is 1. The number of carbonyl (C=O) groups is 1. The Kier molecular flexibility index (Phi) is 3.81. The van der Waals surface area contributed by atoms with Crippen molar-refractivity contribution in [2.45, 2.75) is 6.92 Å². The number of hydrogen-bond donors (Lipinski definition) is 1. The Hall–Kier alpha value is -1.94. The first-order valence-electron chi connectivity index (χ1n) is 5.50. The van der Waals surface area contributed by atoms with Gasteiger partial charge in [-0.15, -0.1) is 0 Å². The van der Waals surface area contributed by atoms with Gasteiger partial charge in [-0.05, 0) is 42.8 Å². The molecule has 5 heteroatoms. The van der Waals surface area contributed by atoms with E-state index in [2.05, 4.69) is 5.32 Å². The molecule has 0 aliphatic rings. The van der Waals surface area contributed by atoms with Crippen molar-refractivity contribution >= 4 is 23.2 Å². The van der Waals surface area contributed by atoms with E-state index in [-0.39, 0.29) is 16.3 Å². The molecule has 19 heavy (non-hydrogen) atoms. The van der Waals surface area contributed by atoms with Gasteiger partial charge in [0.1, 0.15) is 11.6 Å². The third-order valence-electron chi connectivity index (χ3n) is 2.55. The van der Waals surface area contributed by atoms with E-state index in [1.165, 1.54) is 18.2 Å². The lowest BCUT2D eigenvalue weighted by Crippen LogP contribution is -2.13. The van der Waals surface area contributed by atoms with Crippen LogP contribution in [0.2, 0.25) is 5.02 Å². The second-order valence-corrected chi connectivity index (χ2v) is 4.47. The molecule has 1 amide bonds. The standard InChI is InChI=1S/C14H10ClF2NO/c1-8-2-5-12(17)13(6-8)18-14(19)10-4-3-9(16)7-11(10)15/h2-7H,1H3,(H,18,19). The molecule has 1 N–H and O–H groups in total. The van der Waals surface area contributed by atoms with E-state index in [9.17, 15) is 13.6 Å². The summed E-state index contributed by atoms with van der Waals surface area (Å²) in [5, 5.41) is 2.38. The number of amides is 1. The molecule has 0 aliphatic carbocycles. The van der Waals surface area contributed by atoms with Crippen molar-refractivity contribution in [2.24, 2.45) is 0 Å². The highest BCUT2D eigenvalue weighted by atomic mass is 35.5. The van der Waals surface area contributed by atoms with E-state index in [1.807, 2.05) is 0 Å². The summed E-state index contributed by atoms with van der Waals surface area (Å²) >= 11 is 5.77. The minimum absolute atomic E-state index is 0.0226. The molecule has 0 spiro atoms. The van der Waals surface area contributed by atoms with Crippen molar-refractivity contribution in [2.75, 3.05) is 5.32 Å². The molecule has 2 aromatic carbocycles. The summed E-state index contributed by atoms with van der Waals surface area (Å²) in [5.74, 6) is -1.67. The Balaban J connectivity index is 2.28. The highest BCUT2D eigenvalue weighted by Gasteiger charge is 2.13. The molecule has 98 valence electrons. The maximum absolute atomic E-state index is 13.5. The molecule has 0 unspecified atom stereocenters. The van der Waals surface area contributed by atoms with Gasteiger partial charge in [0.05, 0.1) is 16.3 Å². The van der Waals surface area contributed by atoms with Crippen LogP contribution in [0.3, 0.4) is 0 Å². The summed E-state index contributed by atoms with van der Waals surface area (Å²) in [5.41, 5.74) is 0.955. The molecule has 2 nitrogen and oxygen atoms in total. The molecular formula is C14H10ClF2NO. The Bertz CT molecular complexity index is 643. The summed E-state index contributed by atoms with van der Waals surface area (Å²) in [6, 6.07) is 7.76. The molecule has 0 fully saturated rings. The van der Waals surface area contributed by atoms with Crippen LogP contribution in [0.4, 0.5) is 14.5 Å². The van der Waals surface area contributed by atoms with Crippen molar-refractivity contribution in [1.29, 1.82) is 0 Å². The average Bonchev–Trinajstić information content (AvgIpc) is 2.33. The Morgan fingerprint density at radius 1 is 1.16 bits per heavy atom. The van der Waals surface area contributed by atoms with Crippen LogP contribution in [0.25, 0.3) is 0 Å². The number of rotatable bonds is 2. The van der Waals surface area contributed by atoms with Gasteiger partial charge in [0, 0.05) is 0 Å². The van der Waals surface area contributed by atoms with Crippen molar-refractivity contribution in [3.8, 4) is 0 Å². The smallest absolute Gasteiger partial charge is 0.257 e. The van der Waals surface area contributed by atoms with Crippen LogP contribution in [0.1, 0.15) is 15.9 Å². The monoisotopic (exact) mass is 281 g/mol. The van der Waals surface area contributed by atoms with Gasteiger partial charge in [-0.1, -0.05) is 17.7 Å². The van der Waals surface area contributed by atoms with Gasteiger partial charge in [-0.2, -0.15) is 0 Å². The van der Waals surface area contributed by atoms with E-state index in [1.54, 1.807) is 13.0 Å². The van der Waals surface area contributed by atoms with Crippen LogP contribution in [0, 0.1) is 18.6 Å². The number of benzene rings is 2. The molecule has 2 rings (SSSR count). The molecule has 0 heterocycles. The quantitative estimate of drug-likeness (QED) is 0.879. The zero-order valence-corrected chi connectivity index (χ0v) is 10.8. The number of hydrogen-bond acceptors (Lipinski definition) is 1. The number of nitrogens with one attached hydrogen (secondary N) is 1.